The van der Waals surface area contributed by atoms with Crippen LogP contribution in [0.5, 0.6) is 0 Å². The molecule has 0 aliphatic rings. The van der Waals surface area contributed by atoms with Gasteiger partial charge in [-0.15, -0.1) is 11.3 Å². The van der Waals surface area contributed by atoms with Crippen LogP contribution in [0, 0.1) is 6.92 Å². The number of hydrogen-bond donors (Lipinski definition) is 2. The Morgan fingerprint density at radius 3 is 2.58 bits per heavy atom. The number of aromatic nitrogens is 2. The Labute approximate surface area is 113 Å². The fourth-order valence-corrected chi connectivity index (χ4v) is 4.13. The van der Waals surface area contributed by atoms with Gasteiger partial charge < -0.3 is 5.11 Å². The molecule has 0 unspecified atom stereocenters. The Hall–Kier alpha value is -2.00. The van der Waals surface area contributed by atoms with Crippen LogP contribution in [0.15, 0.2) is 29.0 Å². The van der Waals surface area contributed by atoms with E-state index in [9.17, 15) is 13.2 Å². The second-order valence-corrected chi connectivity index (χ2v) is 6.11. The first-order valence-corrected chi connectivity index (χ1v) is 7.37. The lowest BCUT2D eigenvalue weighted by molar-refractivity contribution is 0.0698. The molecule has 0 amide bonds. The third-order valence-corrected chi connectivity index (χ3v) is 4.98. The molecule has 0 bridgehead atoms. The first kappa shape index (κ1) is 13.4. The molecule has 0 aliphatic heterocycles. The zero-order valence-corrected chi connectivity index (χ0v) is 11.3. The van der Waals surface area contributed by atoms with Crippen molar-refractivity contribution in [1.29, 1.82) is 0 Å². The zero-order chi connectivity index (χ0) is 14.0. The van der Waals surface area contributed by atoms with Crippen LogP contribution in [0.1, 0.15) is 15.2 Å². The summed E-state index contributed by atoms with van der Waals surface area (Å²) in [6.45, 7) is 1.54. The van der Waals surface area contributed by atoms with Crippen molar-refractivity contribution < 1.29 is 18.3 Å². The number of nitrogens with zero attached hydrogens (tertiary/aromatic N) is 2. The number of thiophene rings is 1. The summed E-state index contributed by atoms with van der Waals surface area (Å²) in [6.07, 6.45) is 3.83. The molecule has 9 heteroatoms. The van der Waals surface area contributed by atoms with Crippen LogP contribution in [0.2, 0.25) is 0 Å². The number of carboxylic acid groups (broad SMARTS) is 1. The topological polar surface area (TPSA) is 109 Å². The van der Waals surface area contributed by atoms with Gasteiger partial charge in [-0.1, -0.05) is 0 Å². The predicted molar refractivity (Wildman–Crippen MR) is 68.9 cm³/mol. The van der Waals surface area contributed by atoms with E-state index in [0.717, 1.165) is 11.3 Å². The molecule has 2 heterocycles. The number of hydrogen-bond acceptors (Lipinski definition) is 6. The molecule has 2 rings (SSSR count). The van der Waals surface area contributed by atoms with Crippen LogP contribution < -0.4 is 4.72 Å². The van der Waals surface area contributed by atoms with E-state index in [1.165, 1.54) is 24.1 Å². The number of nitrogens with one attached hydrogen (secondary N) is 1. The molecule has 100 valence electrons. The van der Waals surface area contributed by atoms with Gasteiger partial charge in [-0.25, -0.2) is 23.2 Å². The molecular weight excluding hydrogens is 290 g/mol. The Morgan fingerprint density at radius 1 is 1.37 bits per heavy atom. The van der Waals surface area contributed by atoms with Gasteiger partial charge in [-0.2, -0.15) is 0 Å². The Kier molecular flexibility index (Phi) is 3.49. The summed E-state index contributed by atoms with van der Waals surface area (Å²) < 4.78 is 26.6. The average molecular weight is 299 g/mol. The van der Waals surface area contributed by atoms with Gasteiger partial charge in [0.25, 0.3) is 10.0 Å². The molecule has 0 aromatic carbocycles. The SMILES string of the molecule is Cc1csc(C(=O)O)c1S(=O)(=O)Nc1cncnc1. The third kappa shape index (κ3) is 2.71. The van der Waals surface area contributed by atoms with Gasteiger partial charge in [0.1, 0.15) is 16.1 Å². The zero-order valence-electron chi connectivity index (χ0n) is 9.69. The fourth-order valence-electron chi connectivity index (χ4n) is 1.47. The summed E-state index contributed by atoms with van der Waals surface area (Å²) in [6, 6.07) is 0. The second kappa shape index (κ2) is 4.94. The van der Waals surface area contributed by atoms with E-state index in [2.05, 4.69) is 14.7 Å². The van der Waals surface area contributed by atoms with Gasteiger partial charge in [0.15, 0.2) is 0 Å². The lowest BCUT2D eigenvalue weighted by Crippen LogP contribution is -2.16. The first-order valence-electron chi connectivity index (χ1n) is 5.01. The van der Waals surface area contributed by atoms with E-state index in [1.807, 2.05) is 0 Å². The van der Waals surface area contributed by atoms with Crippen molar-refractivity contribution >= 4 is 33.0 Å². The minimum Gasteiger partial charge on any atom is -0.477 e. The van der Waals surface area contributed by atoms with Gasteiger partial charge in [0.05, 0.1) is 18.1 Å². The Morgan fingerprint density at radius 2 is 2.00 bits per heavy atom. The van der Waals surface area contributed by atoms with Gasteiger partial charge in [0, 0.05) is 0 Å². The van der Waals surface area contributed by atoms with Crippen LogP contribution in [-0.2, 0) is 10.0 Å². The van der Waals surface area contributed by atoms with E-state index in [1.54, 1.807) is 6.92 Å². The summed E-state index contributed by atoms with van der Waals surface area (Å²) >= 11 is 0.872. The number of carbonyl (C=O) groups is 1. The molecule has 0 saturated carbocycles. The maximum atomic E-state index is 12.2. The van der Waals surface area contributed by atoms with Crippen molar-refractivity contribution in [2.75, 3.05) is 4.72 Å². The quantitative estimate of drug-likeness (QED) is 0.881. The number of aryl methyl sites for hydroxylation is 1. The third-order valence-electron chi connectivity index (χ3n) is 2.19. The first-order chi connectivity index (χ1) is 8.92. The summed E-state index contributed by atoms with van der Waals surface area (Å²) in [5, 5.41) is 10.5. The normalized spacial score (nSPS) is 11.2. The van der Waals surface area contributed by atoms with Crippen molar-refractivity contribution in [3.05, 3.63) is 34.5 Å². The van der Waals surface area contributed by atoms with Crippen LogP contribution in [0.4, 0.5) is 5.69 Å². The minimum atomic E-state index is -3.98. The van der Waals surface area contributed by atoms with Gasteiger partial charge in [-0.05, 0) is 17.9 Å². The summed E-state index contributed by atoms with van der Waals surface area (Å²) in [5.41, 5.74) is 0.552. The van der Waals surface area contributed by atoms with E-state index in [4.69, 9.17) is 5.11 Å². The van der Waals surface area contributed by atoms with Crippen molar-refractivity contribution in [2.24, 2.45) is 0 Å². The maximum Gasteiger partial charge on any atom is 0.347 e. The van der Waals surface area contributed by atoms with Gasteiger partial charge in [-0.3, -0.25) is 4.72 Å². The molecule has 0 spiro atoms. The number of carboxylic acids is 1. The molecule has 19 heavy (non-hydrogen) atoms. The standard InChI is InChI=1S/C10H9N3O4S2/c1-6-4-18-8(10(14)15)9(6)19(16,17)13-7-2-11-5-12-3-7/h2-5,13H,1H3,(H,14,15). The number of aromatic carboxylic acids is 1. The highest BCUT2D eigenvalue weighted by Gasteiger charge is 2.26. The second-order valence-electron chi connectivity index (χ2n) is 3.61. The molecule has 2 aromatic heterocycles. The van der Waals surface area contributed by atoms with Crippen LogP contribution >= 0.6 is 11.3 Å². The van der Waals surface area contributed by atoms with Gasteiger partial charge in [0.2, 0.25) is 0 Å². The molecule has 0 atom stereocenters. The van der Waals surface area contributed by atoms with E-state index < -0.39 is 16.0 Å². The summed E-state index contributed by atoms with van der Waals surface area (Å²) in [7, 11) is -3.98. The minimum absolute atomic E-state index is 0.171. The molecule has 0 saturated heterocycles. The molecule has 0 fully saturated rings. The van der Waals surface area contributed by atoms with Crippen molar-refractivity contribution in [3.8, 4) is 0 Å². The van der Waals surface area contributed by atoms with E-state index in [0.29, 0.717) is 5.56 Å². The summed E-state index contributed by atoms with van der Waals surface area (Å²) in [5.74, 6) is -1.28. The highest BCUT2D eigenvalue weighted by atomic mass is 32.2. The van der Waals surface area contributed by atoms with Crippen molar-refractivity contribution in [2.45, 2.75) is 11.8 Å². The summed E-state index contributed by atoms with van der Waals surface area (Å²) in [4.78, 5) is 17.9. The highest BCUT2D eigenvalue weighted by Crippen LogP contribution is 2.28. The van der Waals surface area contributed by atoms with Crippen molar-refractivity contribution in [1.82, 2.24) is 9.97 Å². The lowest BCUT2D eigenvalue weighted by Gasteiger charge is -2.07. The molecule has 0 radical (unpaired) electrons. The molecule has 7 nitrogen and oxygen atoms in total. The van der Waals surface area contributed by atoms with E-state index in [-0.39, 0.29) is 15.5 Å². The predicted octanol–water partition coefficient (Wildman–Crippen LogP) is 1.35. The number of sulfonamides is 1. The largest absolute Gasteiger partial charge is 0.477 e. The van der Waals surface area contributed by atoms with Crippen LogP contribution in [0.25, 0.3) is 0 Å². The van der Waals surface area contributed by atoms with Crippen molar-refractivity contribution in [3.63, 3.8) is 0 Å². The monoisotopic (exact) mass is 299 g/mol. The maximum absolute atomic E-state index is 12.2. The average Bonchev–Trinajstić information content (AvgIpc) is 2.73. The van der Waals surface area contributed by atoms with E-state index >= 15 is 0 Å². The molecule has 2 N–H and O–H groups in total. The van der Waals surface area contributed by atoms with Crippen LogP contribution in [0.3, 0.4) is 0 Å². The van der Waals surface area contributed by atoms with Gasteiger partial charge >= 0.3 is 5.97 Å². The molecular formula is C10H9N3O4S2. The highest BCUT2D eigenvalue weighted by molar-refractivity contribution is 7.93. The molecule has 2 aromatic rings. The lowest BCUT2D eigenvalue weighted by atomic mass is 10.3. The smallest absolute Gasteiger partial charge is 0.347 e. The number of anilines is 1. The fraction of sp³-hybridized carbons (Fsp3) is 0.100. The Balaban J connectivity index is 2.46. The Bertz CT molecular complexity index is 710. The number of rotatable bonds is 4. The van der Waals surface area contributed by atoms with Crippen LogP contribution in [-0.4, -0.2) is 29.5 Å². The molecule has 0 aliphatic carbocycles.